The molecule has 0 aliphatic heterocycles. The zero-order valence-corrected chi connectivity index (χ0v) is 20.1. The molecular weight excluding hydrogens is 432 g/mol. The average molecular weight is 465 g/mol. The van der Waals surface area contributed by atoms with E-state index in [0.717, 1.165) is 11.8 Å². The van der Waals surface area contributed by atoms with Crippen LogP contribution >= 0.6 is 0 Å². The van der Waals surface area contributed by atoms with Gasteiger partial charge in [0.2, 0.25) is 15.9 Å². The van der Waals surface area contributed by atoms with Gasteiger partial charge >= 0.3 is 0 Å². The Balaban J connectivity index is 1.91. The van der Waals surface area contributed by atoms with E-state index in [2.05, 4.69) is 5.32 Å². The number of nitrogens with zero attached hydrogens (tertiary/aromatic N) is 1. The van der Waals surface area contributed by atoms with Gasteiger partial charge in [0.25, 0.3) is 0 Å². The Morgan fingerprint density at radius 3 is 2.44 bits per heavy atom. The summed E-state index contributed by atoms with van der Waals surface area (Å²) < 4.78 is 42.0. The van der Waals surface area contributed by atoms with Crippen LogP contribution in [0, 0.1) is 0 Å². The minimum atomic E-state index is -3.50. The van der Waals surface area contributed by atoms with E-state index >= 15 is 0 Å². The van der Waals surface area contributed by atoms with Gasteiger partial charge in [0.15, 0.2) is 11.5 Å². The first-order valence-electron chi connectivity index (χ1n) is 10.4. The minimum Gasteiger partial charge on any atom is -0.497 e. The van der Waals surface area contributed by atoms with Gasteiger partial charge in [0.05, 0.1) is 32.3 Å². The molecule has 8 nitrogen and oxygen atoms in total. The zero-order valence-electron chi connectivity index (χ0n) is 19.3. The van der Waals surface area contributed by atoms with E-state index in [4.69, 9.17) is 14.2 Å². The van der Waals surface area contributed by atoms with Crippen LogP contribution in [0.1, 0.15) is 32.3 Å². The van der Waals surface area contributed by atoms with Crippen LogP contribution in [0.4, 0.5) is 5.69 Å². The molecule has 1 amide bonds. The summed E-state index contributed by atoms with van der Waals surface area (Å²) in [4.78, 5) is 12.3. The van der Waals surface area contributed by atoms with Crippen LogP contribution in [0.2, 0.25) is 0 Å². The summed E-state index contributed by atoms with van der Waals surface area (Å²) in [7, 11) is -0.404. The highest BCUT2D eigenvalue weighted by atomic mass is 32.2. The van der Waals surface area contributed by atoms with Gasteiger partial charge in [0, 0.05) is 25.6 Å². The first kappa shape index (κ1) is 25.3. The van der Waals surface area contributed by atoms with E-state index in [0.29, 0.717) is 35.9 Å². The molecule has 0 spiro atoms. The Hall–Kier alpha value is -2.94. The van der Waals surface area contributed by atoms with Crippen molar-refractivity contribution >= 4 is 21.6 Å². The monoisotopic (exact) mass is 464 g/mol. The van der Waals surface area contributed by atoms with Crippen LogP contribution in [0.3, 0.4) is 0 Å². The fourth-order valence-electron chi connectivity index (χ4n) is 3.10. The van der Waals surface area contributed by atoms with E-state index in [1.165, 1.54) is 11.4 Å². The molecule has 9 heteroatoms. The van der Waals surface area contributed by atoms with Crippen LogP contribution < -0.4 is 23.8 Å². The molecule has 0 aliphatic rings. The lowest BCUT2D eigenvalue weighted by molar-refractivity contribution is -0.121. The van der Waals surface area contributed by atoms with Crippen molar-refractivity contribution in [1.82, 2.24) is 5.32 Å². The Labute approximate surface area is 190 Å². The highest BCUT2D eigenvalue weighted by molar-refractivity contribution is 7.92. The molecule has 2 aromatic carbocycles. The second kappa shape index (κ2) is 11.6. The lowest BCUT2D eigenvalue weighted by Gasteiger charge is -2.22. The van der Waals surface area contributed by atoms with Crippen LogP contribution in [0.5, 0.6) is 17.2 Å². The summed E-state index contributed by atoms with van der Waals surface area (Å²) in [5, 5.41) is 2.86. The number of carbonyl (C=O) groups excluding carboxylic acids is 1. The maximum atomic E-state index is 12.3. The summed E-state index contributed by atoms with van der Waals surface area (Å²) in [6, 6.07) is 12.3. The van der Waals surface area contributed by atoms with Gasteiger partial charge in [-0.2, -0.15) is 0 Å². The van der Waals surface area contributed by atoms with E-state index in [1.807, 2.05) is 32.0 Å². The van der Waals surface area contributed by atoms with Gasteiger partial charge in [-0.15, -0.1) is 0 Å². The van der Waals surface area contributed by atoms with Crippen LogP contribution in [0.15, 0.2) is 42.5 Å². The third kappa shape index (κ3) is 7.64. The number of carbonyl (C=O) groups is 1. The molecule has 0 fully saturated rings. The predicted molar refractivity (Wildman–Crippen MR) is 125 cm³/mol. The average Bonchev–Trinajstić information content (AvgIpc) is 2.74. The molecule has 0 radical (unpaired) electrons. The number of rotatable bonds is 12. The molecule has 1 N–H and O–H groups in total. The van der Waals surface area contributed by atoms with E-state index in [9.17, 15) is 13.2 Å². The number of hydrogen-bond acceptors (Lipinski definition) is 6. The lowest BCUT2D eigenvalue weighted by atomic mass is 10.2. The van der Waals surface area contributed by atoms with Gasteiger partial charge in [-0.1, -0.05) is 12.1 Å². The number of nitrogens with one attached hydrogen (secondary N) is 1. The van der Waals surface area contributed by atoms with Gasteiger partial charge in [-0.25, -0.2) is 8.42 Å². The fraction of sp³-hybridized carbons (Fsp3) is 0.435. The van der Waals surface area contributed by atoms with Crippen molar-refractivity contribution in [3.63, 3.8) is 0 Å². The van der Waals surface area contributed by atoms with Crippen molar-refractivity contribution in [2.75, 3.05) is 31.3 Å². The van der Waals surface area contributed by atoms with Gasteiger partial charge in [-0.3, -0.25) is 9.10 Å². The second-order valence-corrected chi connectivity index (χ2v) is 9.48. The molecule has 0 aliphatic carbocycles. The molecule has 0 aromatic heterocycles. The Bertz CT molecular complexity index is 1010. The highest BCUT2D eigenvalue weighted by Crippen LogP contribution is 2.29. The molecule has 0 heterocycles. The number of anilines is 1. The maximum Gasteiger partial charge on any atom is 0.232 e. The Morgan fingerprint density at radius 1 is 1.06 bits per heavy atom. The Morgan fingerprint density at radius 2 is 1.81 bits per heavy atom. The van der Waals surface area contributed by atoms with Gasteiger partial charge < -0.3 is 19.5 Å². The third-order valence-electron chi connectivity index (χ3n) is 4.59. The number of amides is 1. The van der Waals surface area contributed by atoms with Gasteiger partial charge in [0.1, 0.15) is 5.75 Å². The second-order valence-electron chi connectivity index (χ2n) is 7.57. The smallest absolute Gasteiger partial charge is 0.232 e. The topological polar surface area (TPSA) is 94.2 Å². The van der Waals surface area contributed by atoms with Crippen molar-refractivity contribution in [3.8, 4) is 17.2 Å². The zero-order chi connectivity index (χ0) is 23.7. The molecule has 2 aromatic rings. The highest BCUT2D eigenvalue weighted by Gasteiger charge is 2.18. The summed E-state index contributed by atoms with van der Waals surface area (Å²) >= 11 is 0. The third-order valence-corrected chi connectivity index (χ3v) is 5.78. The maximum absolute atomic E-state index is 12.3. The van der Waals surface area contributed by atoms with E-state index in [-0.39, 0.29) is 25.0 Å². The molecular formula is C23H32N2O6S. The molecule has 176 valence electrons. The SMILES string of the molecule is COc1cccc(N(CCCC(=O)NCc2ccc(OC(C)C)c(OC)c2)S(C)(=O)=O)c1. The first-order valence-corrected chi connectivity index (χ1v) is 12.2. The van der Waals surface area contributed by atoms with Crippen molar-refractivity contribution in [2.45, 2.75) is 39.3 Å². The molecule has 0 saturated carbocycles. The fourth-order valence-corrected chi connectivity index (χ4v) is 4.05. The summed E-state index contributed by atoms with van der Waals surface area (Å²) in [5.41, 5.74) is 1.38. The minimum absolute atomic E-state index is 0.0259. The molecule has 2 rings (SSSR count). The molecule has 32 heavy (non-hydrogen) atoms. The molecule has 0 saturated heterocycles. The van der Waals surface area contributed by atoms with Crippen molar-refractivity contribution in [2.24, 2.45) is 0 Å². The van der Waals surface area contributed by atoms with Crippen molar-refractivity contribution in [1.29, 1.82) is 0 Å². The number of methoxy groups -OCH3 is 2. The molecule has 0 bridgehead atoms. The number of ether oxygens (including phenoxy) is 3. The lowest BCUT2D eigenvalue weighted by Crippen LogP contribution is -2.32. The summed E-state index contributed by atoms with van der Waals surface area (Å²) in [5.74, 6) is 1.66. The summed E-state index contributed by atoms with van der Waals surface area (Å²) in [6.45, 7) is 4.40. The number of benzene rings is 2. The quantitative estimate of drug-likeness (QED) is 0.518. The Kier molecular flexibility index (Phi) is 9.19. The predicted octanol–water partition coefficient (Wildman–Crippen LogP) is 3.35. The molecule has 0 unspecified atom stereocenters. The normalized spacial score (nSPS) is 11.2. The summed E-state index contributed by atoms with van der Waals surface area (Å²) in [6.07, 6.45) is 1.74. The van der Waals surface area contributed by atoms with Crippen molar-refractivity contribution < 1.29 is 27.4 Å². The van der Waals surface area contributed by atoms with Crippen LogP contribution in [0.25, 0.3) is 0 Å². The number of sulfonamides is 1. The first-order chi connectivity index (χ1) is 15.1. The number of hydrogen-bond donors (Lipinski definition) is 1. The van der Waals surface area contributed by atoms with E-state index < -0.39 is 10.0 Å². The molecule has 0 atom stereocenters. The van der Waals surface area contributed by atoms with Gasteiger partial charge in [-0.05, 0) is 50.1 Å². The van der Waals surface area contributed by atoms with Crippen LogP contribution in [-0.2, 0) is 21.4 Å². The van der Waals surface area contributed by atoms with Crippen LogP contribution in [-0.4, -0.2) is 47.4 Å². The largest absolute Gasteiger partial charge is 0.497 e. The van der Waals surface area contributed by atoms with E-state index in [1.54, 1.807) is 31.4 Å². The van der Waals surface area contributed by atoms with Crippen molar-refractivity contribution in [3.05, 3.63) is 48.0 Å². The standard InChI is InChI=1S/C23H32N2O6S/c1-17(2)31-21-12-11-18(14-22(21)30-4)16-24-23(26)10-7-13-25(32(5,27)28)19-8-6-9-20(15-19)29-3/h6,8-9,11-12,14-15,17H,7,10,13,16H2,1-5H3,(H,24,26).